The number of fused-ring (bicyclic) bond motifs is 1. The molecule has 1 heterocycles. The molecule has 0 saturated heterocycles. The van der Waals surface area contributed by atoms with Gasteiger partial charge in [-0.05, 0) is 17.5 Å². The summed E-state index contributed by atoms with van der Waals surface area (Å²) < 4.78 is 1.09. The molecule has 3 N–H and O–H groups in total. The smallest absolute Gasteiger partial charge is 0.263 e. The highest BCUT2D eigenvalue weighted by Crippen LogP contribution is 2.26. The third kappa shape index (κ3) is 3.03. The average molecular weight is 277 g/mol. The average Bonchev–Trinajstić information content (AvgIpc) is 2.87. The second-order valence-electron chi connectivity index (χ2n) is 4.22. The first-order chi connectivity index (χ1) is 9.11. The molecule has 0 saturated carbocycles. The van der Waals surface area contributed by atoms with Gasteiger partial charge in [-0.1, -0.05) is 23.4 Å². The molecule has 1 amide bonds. The second kappa shape index (κ2) is 5.71. The molecule has 1 aromatic heterocycles. The van der Waals surface area contributed by atoms with Crippen molar-refractivity contribution in [3.63, 3.8) is 0 Å². The van der Waals surface area contributed by atoms with Crippen molar-refractivity contribution in [3.05, 3.63) is 35.2 Å². The molecule has 19 heavy (non-hydrogen) atoms. The van der Waals surface area contributed by atoms with E-state index in [-0.39, 0.29) is 11.7 Å². The fourth-order valence-electron chi connectivity index (χ4n) is 1.71. The summed E-state index contributed by atoms with van der Waals surface area (Å²) in [6.45, 7) is 0.420. The van der Waals surface area contributed by atoms with Crippen LogP contribution in [0.5, 0.6) is 0 Å². The molecule has 0 aliphatic carbocycles. The van der Waals surface area contributed by atoms with Crippen LogP contribution in [0.25, 0.3) is 10.1 Å². The minimum Gasteiger partial charge on any atom is -0.409 e. The van der Waals surface area contributed by atoms with E-state index < -0.39 is 0 Å². The van der Waals surface area contributed by atoms with Crippen molar-refractivity contribution in [1.29, 1.82) is 0 Å². The van der Waals surface area contributed by atoms with Gasteiger partial charge in [0.2, 0.25) is 0 Å². The van der Waals surface area contributed by atoms with Crippen molar-refractivity contribution in [2.45, 2.75) is 6.42 Å². The largest absolute Gasteiger partial charge is 0.409 e. The molecule has 0 aliphatic heterocycles. The van der Waals surface area contributed by atoms with Crippen molar-refractivity contribution >= 4 is 33.2 Å². The minimum absolute atomic E-state index is 0.0491. The quantitative estimate of drug-likeness (QED) is 0.389. The van der Waals surface area contributed by atoms with E-state index in [1.807, 2.05) is 30.3 Å². The van der Waals surface area contributed by atoms with Gasteiger partial charge in [0, 0.05) is 24.7 Å². The maximum absolute atomic E-state index is 12.2. The highest BCUT2D eigenvalue weighted by atomic mass is 32.1. The Balaban J connectivity index is 2.10. The van der Waals surface area contributed by atoms with Crippen molar-refractivity contribution in [1.82, 2.24) is 4.90 Å². The van der Waals surface area contributed by atoms with Gasteiger partial charge in [0.05, 0.1) is 4.88 Å². The Hall–Kier alpha value is -2.08. The van der Waals surface area contributed by atoms with Gasteiger partial charge in [-0.15, -0.1) is 11.3 Å². The minimum atomic E-state index is -0.0491. The first-order valence-electron chi connectivity index (χ1n) is 5.82. The highest BCUT2D eigenvalue weighted by molar-refractivity contribution is 7.20. The Morgan fingerprint density at radius 1 is 1.47 bits per heavy atom. The van der Waals surface area contributed by atoms with E-state index >= 15 is 0 Å². The summed E-state index contributed by atoms with van der Waals surface area (Å²) in [7, 11) is 1.71. The molecule has 0 spiro atoms. The van der Waals surface area contributed by atoms with Crippen molar-refractivity contribution in [2.24, 2.45) is 10.9 Å². The lowest BCUT2D eigenvalue weighted by Crippen LogP contribution is -2.30. The molecule has 0 bridgehead atoms. The van der Waals surface area contributed by atoms with Gasteiger partial charge in [-0.2, -0.15) is 0 Å². The molecular formula is C13H15N3O2S. The molecule has 2 rings (SSSR count). The lowest BCUT2D eigenvalue weighted by atomic mass is 10.2. The van der Waals surface area contributed by atoms with Crippen molar-refractivity contribution in [3.8, 4) is 0 Å². The number of rotatable bonds is 4. The summed E-state index contributed by atoms with van der Waals surface area (Å²) in [4.78, 5) is 14.5. The van der Waals surface area contributed by atoms with Crippen LogP contribution in [0.15, 0.2) is 35.5 Å². The van der Waals surface area contributed by atoms with Gasteiger partial charge < -0.3 is 15.8 Å². The molecule has 0 atom stereocenters. The lowest BCUT2D eigenvalue weighted by molar-refractivity contribution is 0.0803. The van der Waals surface area contributed by atoms with Crippen LogP contribution >= 0.6 is 11.3 Å². The van der Waals surface area contributed by atoms with Crippen LogP contribution in [0.3, 0.4) is 0 Å². The van der Waals surface area contributed by atoms with Crippen LogP contribution in [0, 0.1) is 0 Å². The number of oxime groups is 1. The Bertz CT molecular complexity index is 588. The SMILES string of the molecule is CN(CCC(N)=NO)C(=O)c1cc2ccccc2s1. The summed E-state index contributed by atoms with van der Waals surface area (Å²) in [6.07, 6.45) is 0.351. The molecule has 0 unspecified atom stereocenters. The zero-order valence-electron chi connectivity index (χ0n) is 10.5. The Morgan fingerprint density at radius 3 is 2.89 bits per heavy atom. The number of carbonyl (C=O) groups is 1. The summed E-state index contributed by atoms with van der Waals surface area (Å²) >= 11 is 1.47. The standard InChI is InChI=1S/C13H15N3O2S/c1-16(7-6-12(14)15-18)13(17)11-8-9-4-2-3-5-10(9)19-11/h2-5,8,18H,6-7H2,1H3,(H2,14,15). The first-order valence-corrected chi connectivity index (χ1v) is 6.64. The number of carbonyl (C=O) groups excluding carboxylic acids is 1. The maximum atomic E-state index is 12.2. The van der Waals surface area contributed by atoms with Gasteiger partial charge in [0.1, 0.15) is 5.84 Å². The predicted octanol–water partition coefficient (Wildman–Crippen LogP) is 2.11. The van der Waals surface area contributed by atoms with Crippen molar-refractivity contribution < 1.29 is 10.0 Å². The second-order valence-corrected chi connectivity index (χ2v) is 5.30. The third-order valence-electron chi connectivity index (χ3n) is 2.81. The van der Waals surface area contributed by atoms with E-state index in [1.165, 1.54) is 11.3 Å². The number of nitrogens with two attached hydrogens (primary N) is 1. The fraction of sp³-hybridized carbons (Fsp3) is 0.231. The number of amides is 1. The van der Waals surface area contributed by atoms with E-state index in [2.05, 4.69) is 5.16 Å². The summed E-state index contributed by atoms with van der Waals surface area (Å²) in [5.41, 5.74) is 5.39. The van der Waals surface area contributed by atoms with E-state index in [4.69, 9.17) is 10.9 Å². The predicted molar refractivity (Wildman–Crippen MR) is 76.8 cm³/mol. The first kappa shape index (κ1) is 13.4. The summed E-state index contributed by atoms with van der Waals surface area (Å²) in [5, 5.41) is 12.4. The Labute approximate surface area is 114 Å². The van der Waals surface area contributed by atoms with Crippen LogP contribution in [0.2, 0.25) is 0 Å². The Kier molecular flexibility index (Phi) is 4.01. The van der Waals surface area contributed by atoms with E-state index in [1.54, 1.807) is 11.9 Å². The fourth-order valence-corrected chi connectivity index (χ4v) is 2.77. The third-order valence-corrected chi connectivity index (χ3v) is 3.92. The van der Waals surface area contributed by atoms with Crippen molar-refractivity contribution in [2.75, 3.05) is 13.6 Å². The van der Waals surface area contributed by atoms with Crippen LogP contribution in [-0.4, -0.2) is 35.4 Å². The molecule has 6 heteroatoms. The monoisotopic (exact) mass is 277 g/mol. The van der Waals surface area contributed by atoms with Gasteiger partial charge in [-0.3, -0.25) is 4.79 Å². The van der Waals surface area contributed by atoms with Gasteiger partial charge >= 0.3 is 0 Å². The van der Waals surface area contributed by atoms with E-state index in [0.717, 1.165) is 10.1 Å². The molecule has 2 aromatic rings. The molecular weight excluding hydrogens is 262 g/mol. The number of amidine groups is 1. The molecule has 5 nitrogen and oxygen atoms in total. The van der Waals surface area contributed by atoms with Crippen LogP contribution in [0.4, 0.5) is 0 Å². The van der Waals surface area contributed by atoms with Gasteiger partial charge in [0.25, 0.3) is 5.91 Å². The normalized spacial score (nSPS) is 11.7. The van der Waals surface area contributed by atoms with Gasteiger partial charge in [-0.25, -0.2) is 0 Å². The van der Waals surface area contributed by atoms with E-state index in [9.17, 15) is 4.79 Å². The molecule has 1 aromatic carbocycles. The number of benzene rings is 1. The highest BCUT2D eigenvalue weighted by Gasteiger charge is 2.14. The van der Waals surface area contributed by atoms with Crippen LogP contribution < -0.4 is 5.73 Å². The van der Waals surface area contributed by atoms with Crippen LogP contribution in [-0.2, 0) is 0 Å². The number of thiophene rings is 1. The summed E-state index contributed by atoms with van der Waals surface area (Å²) in [5.74, 6) is 0.0722. The Morgan fingerprint density at radius 2 is 2.21 bits per heavy atom. The molecule has 0 radical (unpaired) electrons. The van der Waals surface area contributed by atoms with Crippen LogP contribution in [0.1, 0.15) is 16.1 Å². The number of hydrogen-bond donors (Lipinski definition) is 2. The number of nitrogens with zero attached hydrogens (tertiary/aromatic N) is 2. The lowest BCUT2D eigenvalue weighted by Gasteiger charge is -2.15. The summed E-state index contributed by atoms with van der Waals surface area (Å²) in [6, 6.07) is 9.77. The number of hydrogen-bond acceptors (Lipinski definition) is 4. The molecule has 0 fully saturated rings. The maximum Gasteiger partial charge on any atom is 0.263 e. The topological polar surface area (TPSA) is 78.9 Å². The zero-order valence-corrected chi connectivity index (χ0v) is 11.4. The molecule has 0 aliphatic rings. The van der Waals surface area contributed by atoms with E-state index in [0.29, 0.717) is 17.8 Å². The van der Waals surface area contributed by atoms with Gasteiger partial charge in [0.15, 0.2) is 0 Å². The zero-order chi connectivity index (χ0) is 13.8. The molecule has 100 valence electrons.